The van der Waals surface area contributed by atoms with Gasteiger partial charge in [-0.2, -0.15) is 0 Å². The molecule has 1 rings (SSSR count). The summed E-state index contributed by atoms with van der Waals surface area (Å²) in [5.41, 5.74) is -0.645. The van der Waals surface area contributed by atoms with Crippen molar-refractivity contribution in [1.82, 2.24) is 9.80 Å². The normalized spacial score (nSPS) is 20.0. The minimum absolute atomic E-state index is 0.0147. The number of nitrogens with zero attached hydrogens (tertiary/aromatic N) is 2. The van der Waals surface area contributed by atoms with E-state index < -0.39 is 11.5 Å². The number of amides is 2. The molecule has 2 amide bonds. The van der Waals surface area contributed by atoms with Gasteiger partial charge < -0.3 is 20.0 Å². The van der Waals surface area contributed by atoms with Crippen LogP contribution in [0.25, 0.3) is 0 Å². The summed E-state index contributed by atoms with van der Waals surface area (Å²) in [5, 5.41) is 18.1. The van der Waals surface area contributed by atoms with E-state index in [9.17, 15) is 14.7 Å². The molecule has 104 valence electrons. The lowest BCUT2D eigenvalue weighted by Gasteiger charge is -2.38. The minimum atomic E-state index is -0.885. The third-order valence-electron chi connectivity index (χ3n) is 3.61. The van der Waals surface area contributed by atoms with Crippen molar-refractivity contribution in [1.29, 1.82) is 0 Å². The first-order valence-electron chi connectivity index (χ1n) is 6.16. The van der Waals surface area contributed by atoms with Gasteiger partial charge in [-0.05, 0) is 26.7 Å². The number of carbonyl (C=O) groups excluding carboxylic acids is 1. The summed E-state index contributed by atoms with van der Waals surface area (Å²) in [6.07, 6.45) is 1.54. The Kier molecular flexibility index (Phi) is 4.56. The highest BCUT2D eigenvalue weighted by Crippen LogP contribution is 2.23. The minimum Gasteiger partial charge on any atom is -0.481 e. The molecule has 1 fully saturated rings. The van der Waals surface area contributed by atoms with Gasteiger partial charge in [-0.15, -0.1) is 0 Å². The van der Waals surface area contributed by atoms with E-state index in [2.05, 4.69) is 0 Å². The van der Waals surface area contributed by atoms with E-state index in [0.29, 0.717) is 6.54 Å². The molecule has 0 bridgehead atoms. The van der Waals surface area contributed by atoms with Crippen LogP contribution in [0.4, 0.5) is 4.79 Å². The lowest BCUT2D eigenvalue weighted by molar-refractivity contribution is -0.138. The summed E-state index contributed by atoms with van der Waals surface area (Å²) in [4.78, 5) is 26.1. The Morgan fingerprint density at radius 3 is 2.56 bits per heavy atom. The van der Waals surface area contributed by atoms with Gasteiger partial charge in [-0.25, -0.2) is 4.79 Å². The van der Waals surface area contributed by atoms with Crippen LogP contribution in [0.5, 0.6) is 0 Å². The van der Waals surface area contributed by atoms with Gasteiger partial charge in [0.25, 0.3) is 0 Å². The lowest BCUT2D eigenvalue weighted by atomic mass is 10.1. The SMILES string of the molecule is CN(C(=O)N1CCCC1CC(=O)O)C(C)(C)CO. The first-order valence-corrected chi connectivity index (χ1v) is 6.16. The Balaban J connectivity index is 2.73. The van der Waals surface area contributed by atoms with E-state index >= 15 is 0 Å². The molecule has 0 aliphatic carbocycles. The number of carboxylic acids is 1. The molecule has 0 aromatic carbocycles. The average Bonchev–Trinajstić information content (AvgIpc) is 2.74. The quantitative estimate of drug-likeness (QED) is 0.779. The van der Waals surface area contributed by atoms with Crippen molar-refractivity contribution in [2.45, 2.75) is 44.7 Å². The maximum Gasteiger partial charge on any atom is 0.320 e. The number of likely N-dealkylation sites (tertiary alicyclic amines) is 1. The van der Waals surface area contributed by atoms with Crippen molar-refractivity contribution in [3.63, 3.8) is 0 Å². The Hall–Kier alpha value is -1.30. The van der Waals surface area contributed by atoms with Crippen molar-refractivity contribution in [2.24, 2.45) is 0 Å². The fourth-order valence-corrected chi connectivity index (χ4v) is 2.06. The summed E-state index contributed by atoms with van der Waals surface area (Å²) >= 11 is 0. The fraction of sp³-hybridized carbons (Fsp3) is 0.833. The van der Waals surface area contributed by atoms with Crippen molar-refractivity contribution in [3.8, 4) is 0 Å². The van der Waals surface area contributed by atoms with Gasteiger partial charge in [-0.1, -0.05) is 0 Å². The second-order valence-corrected chi connectivity index (χ2v) is 5.40. The third kappa shape index (κ3) is 3.13. The highest BCUT2D eigenvalue weighted by Gasteiger charge is 2.36. The van der Waals surface area contributed by atoms with Crippen LogP contribution in [-0.4, -0.2) is 63.8 Å². The maximum atomic E-state index is 12.3. The lowest BCUT2D eigenvalue weighted by Crippen LogP contribution is -2.54. The van der Waals surface area contributed by atoms with Crippen molar-refractivity contribution < 1.29 is 19.8 Å². The van der Waals surface area contributed by atoms with E-state index in [-0.39, 0.29) is 25.1 Å². The number of aliphatic carboxylic acids is 1. The van der Waals surface area contributed by atoms with E-state index in [1.54, 1.807) is 25.8 Å². The van der Waals surface area contributed by atoms with Crippen LogP contribution in [0.1, 0.15) is 33.1 Å². The molecule has 0 saturated carbocycles. The Labute approximate surface area is 107 Å². The van der Waals surface area contributed by atoms with E-state index in [0.717, 1.165) is 12.8 Å². The summed E-state index contributed by atoms with van der Waals surface area (Å²) < 4.78 is 0. The number of carbonyl (C=O) groups is 2. The zero-order valence-electron chi connectivity index (χ0n) is 11.2. The molecule has 6 heteroatoms. The van der Waals surface area contributed by atoms with Gasteiger partial charge in [0.15, 0.2) is 0 Å². The molecular formula is C12H22N2O4. The van der Waals surface area contributed by atoms with Crippen molar-refractivity contribution in [2.75, 3.05) is 20.2 Å². The third-order valence-corrected chi connectivity index (χ3v) is 3.61. The number of aliphatic hydroxyl groups is 1. The Morgan fingerprint density at radius 2 is 2.06 bits per heavy atom. The monoisotopic (exact) mass is 258 g/mol. The molecule has 0 aromatic heterocycles. The molecule has 0 aromatic rings. The van der Waals surface area contributed by atoms with Crippen LogP contribution in [0.3, 0.4) is 0 Å². The molecule has 18 heavy (non-hydrogen) atoms. The molecular weight excluding hydrogens is 236 g/mol. The molecule has 1 aliphatic rings. The molecule has 6 nitrogen and oxygen atoms in total. The molecule has 0 spiro atoms. The van der Waals surface area contributed by atoms with E-state index in [1.165, 1.54) is 4.90 Å². The highest BCUT2D eigenvalue weighted by molar-refractivity contribution is 5.77. The molecule has 1 heterocycles. The highest BCUT2D eigenvalue weighted by atomic mass is 16.4. The molecule has 0 radical (unpaired) electrons. The first kappa shape index (κ1) is 14.8. The summed E-state index contributed by atoms with van der Waals surface area (Å²) in [6.45, 7) is 4.00. The van der Waals surface area contributed by atoms with Gasteiger partial charge in [0.1, 0.15) is 0 Å². The number of hydrogen-bond acceptors (Lipinski definition) is 3. The van der Waals surface area contributed by atoms with Crippen LogP contribution in [0.2, 0.25) is 0 Å². The maximum absolute atomic E-state index is 12.3. The van der Waals surface area contributed by atoms with Crippen molar-refractivity contribution >= 4 is 12.0 Å². The average molecular weight is 258 g/mol. The number of likely N-dealkylation sites (N-methyl/N-ethyl adjacent to an activating group) is 1. The van der Waals surface area contributed by atoms with Crippen LogP contribution < -0.4 is 0 Å². The first-order chi connectivity index (χ1) is 8.29. The van der Waals surface area contributed by atoms with Gasteiger partial charge in [0, 0.05) is 19.6 Å². The Morgan fingerprint density at radius 1 is 1.44 bits per heavy atom. The number of aliphatic hydroxyl groups excluding tert-OH is 1. The summed E-state index contributed by atoms with van der Waals surface area (Å²) in [5.74, 6) is -0.885. The van der Waals surface area contributed by atoms with Gasteiger partial charge in [0.05, 0.1) is 18.6 Å². The van der Waals surface area contributed by atoms with Crippen LogP contribution in [0.15, 0.2) is 0 Å². The fourth-order valence-electron chi connectivity index (χ4n) is 2.06. The molecule has 2 N–H and O–H groups in total. The standard InChI is InChI=1S/C12H22N2O4/c1-12(2,8-15)13(3)11(18)14-6-4-5-9(14)7-10(16)17/h9,15H,4-8H2,1-3H3,(H,16,17). The zero-order valence-corrected chi connectivity index (χ0v) is 11.2. The second-order valence-electron chi connectivity index (χ2n) is 5.40. The smallest absolute Gasteiger partial charge is 0.320 e. The number of hydrogen-bond donors (Lipinski definition) is 2. The number of rotatable bonds is 4. The van der Waals surface area contributed by atoms with Crippen LogP contribution in [-0.2, 0) is 4.79 Å². The molecule has 1 atom stereocenters. The number of urea groups is 1. The topological polar surface area (TPSA) is 81.1 Å². The molecule has 1 saturated heterocycles. The number of carboxylic acid groups (broad SMARTS) is 1. The van der Waals surface area contributed by atoms with Crippen molar-refractivity contribution in [3.05, 3.63) is 0 Å². The molecule has 1 aliphatic heterocycles. The molecule has 1 unspecified atom stereocenters. The van der Waals surface area contributed by atoms with Gasteiger partial charge in [-0.3, -0.25) is 4.79 Å². The van der Waals surface area contributed by atoms with Crippen LogP contribution >= 0.6 is 0 Å². The second kappa shape index (κ2) is 5.56. The predicted molar refractivity (Wildman–Crippen MR) is 66.3 cm³/mol. The largest absolute Gasteiger partial charge is 0.481 e. The summed E-state index contributed by atoms with van der Waals surface area (Å²) in [7, 11) is 1.63. The van der Waals surface area contributed by atoms with Gasteiger partial charge >= 0.3 is 12.0 Å². The van der Waals surface area contributed by atoms with Crippen LogP contribution in [0, 0.1) is 0 Å². The van der Waals surface area contributed by atoms with Gasteiger partial charge in [0.2, 0.25) is 0 Å². The van der Waals surface area contributed by atoms with E-state index in [1.807, 2.05) is 0 Å². The Bertz CT molecular complexity index is 330. The van der Waals surface area contributed by atoms with E-state index in [4.69, 9.17) is 5.11 Å². The summed E-state index contributed by atoms with van der Waals surface area (Å²) in [6, 6.07) is -0.440. The predicted octanol–water partition coefficient (Wildman–Crippen LogP) is 0.748. The zero-order chi connectivity index (χ0) is 13.9.